The van der Waals surface area contributed by atoms with Crippen LogP contribution in [-0.4, -0.2) is 29.0 Å². The van der Waals surface area contributed by atoms with E-state index in [9.17, 15) is 28.6 Å². The number of ketones is 1. The molecule has 3 aromatic rings. The van der Waals surface area contributed by atoms with Crippen LogP contribution in [0.1, 0.15) is 22.7 Å². The minimum absolute atomic E-state index is 0.0511. The number of aryl methyl sites for hydroxylation is 1. The van der Waals surface area contributed by atoms with Crippen LogP contribution in [0.4, 0.5) is 14.5 Å². The molecule has 1 atom stereocenters. The second-order valence-electron chi connectivity index (χ2n) is 7.69. The number of ether oxygens (including phenoxy) is 1. The number of aromatic hydroxyl groups is 1. The summed E-state index contributed by atoms with van der Waals surface area (Å²) in [5.41, 5.74) is 0.155. The van der Waals surface area contributed by atoms with Crippen LogP contribution < -0.4 is 9.64 Å². The number of aliphatic hydroxyl groups excluding tert-OH is 1. The molecule has 0 spiro atoms. The smallest absolute Gasteiger partial charge is 0.300 e. The minimum atomic E-state index is -1.34. The highest BCUT2D eigenvalue weighted by atomic mass is 35.5. The van der Waals surface area contributed by atoms with E-state index in [2.05, 4.69) is 0 Å². The van der Waals surface area contributed by atoms with Gasteiger partial charge in [-0.05, 0) is 54.4 Å². The van der Waals surface area contributed by atoms with E-state index in [0.29, 0.717) is 11.6 Å². The lowest BCUT2D eigenvalue weighted by molar-refractivity contribution is -0.132. The Kier molecular flexibility index (Phi) is 6.01. The molecule has 0 saturated carbocycles. The molecule has 6 nitrogen and oxygen atoms in total. The van der Waals surface area contributed by atoms with Gasteiger partial charge < -0.3 is 14.9 Å². The molecular weight excluding hydrogens is 468 g/mol. The first kappa shape index (κ1) is 23.3. The number of nitrogens with zero attached hydrogens (tertiary/aromatic N) is 1. The molecule has 34 heavy (non-hydrogen) atoms. The summed E-state index contributed by atoms with van der Waals surface area (Å²) in [7, 11) is 1.33. The Morgan fingerprint density at radius 3 is 2.47 bits per heavy atom. The summed E-state index contributed by atoms with van der Waals surface area (Å²) >= 11 is 6.25. The van der Waals surface area contributed by atoms with Gasteiger partial charge in [-0.15, -0.1) is 0 Å². The van der Waals surface area contributed by atoms with Gasteiger partial charge in [0, 0.05) is 6.07 Å². The van der Waals surface area contributed by atoms with Crippen LogP contribution in [0.25, 0.3) is 5.76 Å². The molecule has 9 heteroatoms. The number of carbonyl (C=O) groups is 2. The van der Waals surface area contributed by atoms with Gasteiger partial charge in [0.15, 0.2) is 0 Å². The Hall–Kier alpha value is -3.91. The van der Waals surface area contributed by atoms with E-state index < -0.39 is 35.1 Å². The second-order valence-corrected chi connectivity index (χ2v) is 8.09. The number of anilines is 1. The van der Waals surface area contributed by atoms with Gasteiger partial charge in [-0.25, -0.2) is 8.78 Å². The van der Waals surface area contributed by atoms with Crippen LogP contribution in [0, 0.1) is 18.6 Å². The Balaban J connectivity index is 2.04. The molecule has 0 aromatic heterocycles. The van der Waals surface area contributed by atoms with Gasteiger partial charge in [-0.3, -0.25) is 14.5 Å². The first-order chi connectivity index (χ1) is 16.1. The Morgan fingerprint density at radius 2 is 1.82 bits per heavy atom. The number of carbonyl (C=O) groups excluding carboxylic acids is 2. The molecule has 174 valence electrons. The summed E-state index contributed by atoms with van der Waals surface area (Å²) in [5.74, 6) is -4.90. The number of amides is 1. The molecule has 1 aliphatic heterocycles. The number of hydrogen-bond acceptors (Lipinski definition) is 5. The van der Waals surface area contributed by atoms with Crippen molar-refractivity contribution >= 4 is 34.7 Å². The number of halogens is 3. The lowest BCUT2D eigenvalue weighted by Gasteiger charge is -2.26. The maximum Gasteiger partial charge on any atom is 0.300 e. The molecular formula is C25H18ClF2NO5. The largest absolute Gasteiger partial charge is 0.508 e. The van der Waals surface area contributed by atoms with Crippen molar-refractivity contribution in [3.05, 3.63) is 93.5 Å². The van der Waals surface area contributed by atoms with E-state index in [1.807, 2.05) is 0 Å². The molecule has 4 rings (SSSR count). The lowest BCUT2D eigenvalue weighted by atomic mass is 9.94. The van der Waals surface area contributed by atoms with E-state index in [1.54, 1.807) is 13.0 Å². The van der Waals surface area contributed by atoms with E-state index in [-0.39, 0.29) is 38.9 Å². The van der Waals surface area contributed by atoms with Gasteiger partial charge in [0.1, 0.15) is 28.9 Å². The fraction of sp³-hybridized carbons (Fsp3) is 0.120. The fourth-order valence-corrected chi connectivity index (χ4v) is 4.38. The van der Waals surface area contributed by atoms with E-state index in [0.717, 1.165) is 17.0 Å². The van der Waals surface area contributed by atoms with Gasteiger partial charge in [0.05, 0.1) is 35.0 Å². The molecule has 1 unspecified atom stereocenters. The van der Waals surface area contributed by atoms with Crippen LogP contribution in [0.2, 0.25) is 5.02 Å². The first-order valence-corrected chi connectivity index (χ1v) is 10.4. The summed E-state index contributed by atoms with van der Waals surface area (Å²) < 4.78 is 33.6. The van der Waals surface area contributed by atoms with Crippen LogP contribution >= 0.6 is 11.6 Å². The van der Waals surface area contributed by atoms with Crippen molar-refractivity contribution in [3.63, 3.8) is 0 Å². The molecule has 3 aromatic carbocycles. The van der Waals surface area contributed by atoms with Crippen LogP contribution in [0.5, 0.6) is 11.5 Å². The number of hydrogen-bond donors (Lipinski definition) is 2. The first-order valence-electron chi connectivity index (χ1n) is 10.0. The topological polar surface area (TPSA) is 87.1 Å². The van der Waals surface area contributed by atoms with Crippen molar-refractivity contribution in [2.45, 2.75) is 13.0 Å². The molecule has 0 bridgehead atoms. The molecule has 1 amide bonds. The number of Topliss-reactive ketones (excluding diaryl/α,β-unsaturated/α-hetero) is 1. The molecule has 2 N–H and O–H groups in total. The zero-order chi connectivity index (χ0) is 24.7. The summed E-state index contributed by atoms with van der Waals surface area (Å²) in [6, 6.07) is 9.94. The van der Waals surface area contributed by atoms with Crippen molar-refractivity contribution in [2.24, 2.45) is 0 Å². The number of phenols is 1. The average Bonchev–Trinajstić information content (AvgIpc) is 3.03. The van der Waals surface area contributed by atoms with Gasteiger partial charge in [0.25, 0.3) is 11.7 Å². The molecule has 1 fully saturated rings. The maximum absolute atomic E-state index is 14.7. The lowest BCUT2D eigenvalue weighted by Crippen LogP contribution is -2.30. The van der Waals surface area contributed by atoms with Crippen molar-refractivity contribution in [1.82, 2.24) is 0 Å². The van der Waals surface area contributed by atoms with E-state index in [1.165, 1.54) is 37.4 Å². The zero-order valence-corrected chi connectivity index (χ0v) is 18.7. The van der Waals surface area contributed by atoms with Crippen molar-refractivity contribution in [2.75, 3.05) is 12.0 Å². The molecule has 0 radical (unpaired) electrons. The maximum atomic E-state index is 14.7. The highest BCUT2D eigenvalue weighted by Crippen LogP contribution is 2.45. The average molecular weight is 486 g/mol. The summed E-state index contributed by atoms with van der Waals surface area (Å²) in [5, 5.41) is 21.5. The van der Waals surface area contributed by atoms with Gasteiger partial charge in [0.2, 0.25) is 0 Å². The van der Waals surface area contributed by atoms with Gasteiger partial charge in [-0.1, -0.05) is 23.7 Å². The predicted octanol–water partition coefficient (Wildman–Crippen LogP) is 5.27. The minimum Gasteiger partial charge on any atom is -0.508 e. The summed E-state index contributed by atoms with van der Waals surface area (Å²) in [6.45, 7) is 1.71. The van der Waals surface area contributed by atoms with Gasteiger partial charge in [-0.2, -0.15) is 0 Å². The summed E-state index contributed by atoms with van der Waals surface area (Å²) in [6.07, 6.45) is 0. The van der Waals surface area contributed by atoms with Gasteiger partial charge >= 0.3 is 0 Å². The monoisotopic (exact) mass is 485 g/mol. The molecule has 1 aliphatic rings. The van der Waals surface area contributed by atoms with Crippen molar-refractivity contribution < 1.29 is 33.3 Å². The van der Waals surface area contributed by atoms with E-state index >= 15 is 0 Å². The quantitative estimate of drug-likeness (QED) is 0.299. The number of benzene rings is 3. The SMILES string of the molecule is COc1c(Cl)cc(C)cc1/C(O)=C1\C(=O)C(=O)N(c2ccc(F)cc2F)C1c1cccc(O)c1. The summed E-state index contributed by atoms with van der Waals surface area (Å²) in [4.78, 5) is 27.1. The van der Waals surface area contributed by atoms with Crippen molar-refractivity contribution in [1.29, 1.82) is 0 Å². The van der Waals surface area contributed by atoms with Crippen LogP contribution in [-0.2, 0) is 9.59 Å². The third-order valence-corrected chi connectivity index (χ3v) is 5.73. The number of rotatable bonds is 4. The Labute approximate surface area is 198 Å². The Bertz CT molecular complexity index is 1370. The van der Waals surface area contributed by atoms with E-state index in [4.69, 9.17) is 16.3 Å². The Morgan fingerprint density at radius 1 is 1.09 bits per heavy atom. The van der Waals surface area contributed by atoms with Crippen molar-refractivity contribution in [3.8, 4) is 11.5 Å². The molecule has 1 saturated heterocycles. The van der Waals surface area contributed by atoms with Crippen LogP contribution in [0.15, 0.2) is 60.2 Å². The standard InChI is InChI=1S/C25H18ClF2NO5/c1-12-8-16(24(34-2)17(26)9-12)22(31)20-21(13-4-3-5-15(30)10-13)29(25(33)23(20)32)19-7-6-14(27)11-18(19)28/h3-11,21,30-31H,1-2H3/b22-20+. The van der Waals surface area contributed by atoms with Crippen LogP contribution in [0.3, 0.4) is 0 Å². The number of phenolic OH excluding ortho intramolecular Hbond substituents is 1. The number of aliphatic hydroxyl groups is 1. The zero-order valence-electron chi connectivity index (χ0n) is 18.0. The second kappa shape index (κ2) is 8.79. The normalized spacial score (nSPS) is 17.3. The number of methoxy groups -OCH3 is 1. The highest BCUT2D eigenvalue weighted by molar-refractivity contribution is 6.51. The predicted molar refractivity (Wildman–Crippen MR) is 122 cm³/mol. The highest BCUT2D eigenvalue weighted by Gasteiger charge is 2.48. The third-order valence-electron chi connectivity index (χ3n) is 5.45. The fourth-order valence-electron chi connectivity index (χ4n) is 4.03. The third kappa shape index (κ3) is 3.86. The molecule has 0 aliphatic carbocycles. The molecule has 1 heterocycles.